The predicted octanol–water partition coefficient (Wildman–Crippen LogP) is 0.925. The Kier molecular flexibility index (Phi) is 2.59. The summed E-state index contributed by atoms with van der Waals surface area (Å²) in [5.74, 6) is 1.34. The number of imidazole rings is 1. The molecule has 1 aliphatic rings. The summed E-state index contributed by atoms with van der Waals surface area (Å²) in [5.41, 5.74) is 6.68. The summed E-state index contributed by atoms with van der Waals surface area (Å²) in [6, 6.07) is 0. The molecule has 6 heteroatoms. The van der Waals surface area contributed by atoms with Crippen molar-refractivity contribution < 1.29 is 4.74 Å². The molecule has 0 saturated carbocycles. The number of nitrogens with two attached hydrogens (primary N) is 1. The van der Waals surface area contributed by atoms with Crippen LogP contribution in [0.5, 0.6) is 0 Å². The monoisotopic (exact) mass is 247 g/mol. The first-order valence-electron chi connectivity index (χ1n) is 6.13. The van der Waals surface area contributed by atoms with Gasteiger partial charge in [-0.2, -0.15) is 0 Å². The molecule has 0 spiro atoms. The molecule has 2 atom stereocenters. The van der Waals surface area contributed by atoms with Gasteiger partial charge in [-0.1, -0.05) is 0 Å². The van der Waals surface area contributed by atoms with Crippen molar-refractivity contribution in [2.75, 3.05) is 23.7 Å². The Balaban J connectivity index is 2.05. The van der Waals surface area contributed by atoms with Crippen LogP contribution in [0.4, 0.5) is 11.6 Å². The molecule has 1 saturated heterocycles. The number of nitrogens with zero attached hydrogens (tertiary/aromatic N) is 4. The SMILES string of the molecule is C[C@@H]1CN(c2nc(N)cn3ccnc23)C[C@H](C)O1. The van der Waals surface area contributed by atoms with Crippen molar-refractivity contribution in [1.82, 2.24) is 14.4 Å². The molecule has 0 amide bonds. The van der Waals surface area contributed by atoms with Gasteiger partial charge in [0.1, 0.15) is 5.82 Å². The highest BCUT2D eigenvalue weighted by Gasteiger charge is 2.25. The highest BCUT2D eigenvalue weighted by atomic mass is 16.5. The van der Waals surface area contributed by atoms with Crippen molar-refractivity contribution in [1.29, 1.82) is 0 Å². The van der Waals surface area contributed by atoms with Gasteiger partial charge in [0.05, 0.1) is 18.4 Å². The van der Waals surface area contributed by atoms with Gasteiger partial charge < -0.3 is 19.8 Å². The molecule has 0 radical (unpaired) electrons. The number of anilines is 2. The average molecular weight is 247 g/mol. The lowest BCUT2D eigenvalue weighted by molar-refractivity contribution is -0.00538. The number of rotatable bonds is 1. The van der Waals surface area contributed by atoms with E-state index in [1.807, 2.05) is 10.6 Å². The van der Waals surface area contributed by atoms with Crippen LogP contribution in [-0.2, 0) is 4.74 Å². The molecule has 3 rings (SSSR count). The Labute approximate surface area is 105 Å². The van der Waals surface area contributed by atoms with E-state index in [0.29, 0.717) is 5.82 Å². The lowest BCUT2D eigenvalue weighted by Crippen LogP contribution is -2.46. The van der Waals surface area contributed by atoms with Crippen molar-refractivity contribution in [3.63, 3.8) is 0 Å². The van der Waals surface area contributed by atoms with Gasteiger partial charge in [-0.3, -0.25) is 0 Å². The molecule has 0 aliphatic carbocycles. The van der Waals surface area contributed by atoms with Crippen LogP contribution in [0.1, 0.15) is 13.8 Å². The largest absolute Gasteiger partial charge is 0.382 e. The van der Waals surface area contributed by atoms with E-state index in [4.69, 9.17) is 10.5 Å². The number of fused-ring (bicyclic) bond motifs is 1. The fourth-order valence-electron chi connectivity index (χ4n) is 2.50. The van der Waals surface area contributed by atoms with E-state index < -0.39 is 0 Å². The summed E-state index contributed by atoms with van der Waals surface area (Å²) < 4.78 is 7.64. The van der Waals surface area contributed by atoms with Crippen molar-refractivity contribution in [3.8, 4) is 0 Å². The number of nitrogen functional groups attached to an aromatic ring is 1. The minimum atomic E-state index is 0.187. The van der Waals surface area contributed by atoms with Gasteiger partial charge in [0, 0.05) is 25.5 Å². The van der Waals surface area contributed by atoms with Gasteiger partial charge in [0.15, 0.2) is 11.5 Å². The van der Waals surface area contributed by atoms with Crippen LogP contribution in [0.2, 0.25) is 0 Å². The van der Waals surface area contributed by atoms with Crippen LogP contribution in [0.15, 0.2) is 18.6 Å². The number of ether oxygens (including phenoxy) is 1. The zero-order valence-electron chi connectivity index (χ0n) is 10.6. The van der Waals surface area contributed by atoms with Gasteiger partial charge in [-0.05, 0) is 13.8 Å². The Morgan fingerprint density at radius 3 is 2.78 bits per heavy atom. The molecule has 96 valence electrons. The highest BCUT2D eigenvalue weighted by molar-refractivity contribution is 5.66. The van der Waals surface area contributed by atoms with Crippen molar-refractivity contribution in [2.24, 2.45) is 0 Å². The van der Waals surface area contributed by atoms with Gasteiger partial charge >= 0.3 is 0 Å². The lowest BCUT2D eigenvalue weighted by Gasteiger charge is -2.36. The number of morpholine rings is 1. The van der Waals surface area contributed by atoms with Crippen LogP contribution in [0.3, 0.4) is 0 Å². The van der Waals surface area contributed by atoms with Crippen LogP contribution < -0.4 is 10.6 Å². The smallest absolute Gasteiger partial charge is 0.180 e. The molecule has 1 aliphatic heterocycles. The molecule has 3 heterocycles. The first-order valence-corrected chi connectivity index (χ1v) is 6.13. The number of hydrogen-bond acceptors (Lipinski definition) is 5. The zero-order valence-corrected chi connectivity index (χ0v) is 10.6. The number of hydrogen-bond donors (Lipinski definition) is 1. The summed E-state index contributed by atoms with van der Waals surface area (Å²) in [4.78, 5) is 11.0. The fraction of sp³-hybridized carbons (Fsp3) is 0.500. The Morgan fingerprint density at radius 2 is 2.06 bits per heavy atom. The average Bonchev–Trinajstić information content (AvgIpc) is 2.74. The molecule has 2 N–H and O–H groups in total. The van der Waals surface area contributed by atoms with E-state index in [0.717, 1.165) is 24.6 Å². The normalized spacial score (nSPS) is 24.7. The highest BCUT2D eigenvalue weighted by Crippen LogP contribution is 2.23. The molecule has 1 fully saturated rings. The molecular weight excluding hydrogens is 230 g/mol. The summed E-state index contributed by atoms with van der Waals surface area (Å²) in [5, 5.41) is 0. The quantitative estimate of drug-likeness (QED) is 0.811. The fourth-order valence-corrected chi connectivity index (χ4v) is 2.50. The Bertz CT molecular complexity index is 557. The maximum Gasteiger partial charge on any atom is 0.180 e. The molecule has 0 aromatic carbocycles. The summed E-state index contributed by atoms with van der Waals surface area (Å²) in [6.07, 6.45) is 5.79. The second-order valence-corrected chi connectivity index (χ2v) is 4.81. The summed E-state index contributed by atoms with van der Waals surface area (Å²) in [7, 11) is 0. The van der Waals surface area contributed by atoms with Gasteiger partial charge in [-0.25, -0.2) is 9.97 Å². The van der Waals surface area contributed by atoms with Crippen molar-refractivity contribution >= 4 is 17.3 Å². The molecule has 2 aromatic rings. The van der Waals surface area contributed by atoms with E-state index in [-0.39, 0.29) is 12.2 Å². The number of aromatic nitrogens is 3. The minimum Gasteiger partial charge on any atom is -0.382 e. The van der Waals surface area contributed by atoms with Crippen molar-refractivity contribution in [3.05, 3.63) is 18.6 Å². The molecule has 0 unspecified atom stereocenters. The standard InChI is InChI=1S/C12H17N5O/c1-8-5-17(6-9(2)18-8)12-11-14-3-4-16(11)7-10(13)15-12/h3-4,7-9H,5-6,13H2,1-2H3/t8-,9+. The topological polar surface area (TPSA) is 68.7 Å². The Morgan fingerprint density at radius 1 is 1.33 bits per heavy atom. The first kappa shape index (κ1) is 11.3. The van der Waals surface area contributed by atoms with E-state index in [1.54, 1.807) is 12.4 Å². The molecule has 6 nitrogen and oxygen atoms in total. The van der Waals surface area contributed by atoms with E-state index in [1.165, 1.54) is 0 Å². The summed E-state index contributed by atoms with van der Waals surface area (Å²) in [6.45, 7) is 5.75. The molecule has 0 bridgehead atoms. The minimum absolute atomic E-state index is 0.187. The first-order chi connectivity index (χ1) is 8.63. The van der Waals surface area contributed by atoms with E-state index >= 15 is 0 Å². The molecular formula is C12H17N5O. The molecule has 18 heavy (non-hydrogen) atoms. The second kappa shape index (κ2) is 4.13. The predicted molar refractivity (Wildman–Crippen MR) is 69.6 cm³/mol. The third-order valence-electron chi connectivity index (χ3n) is 3.09. The maximum atomic E-state index is 5.84. The third-order valence-corrected chi connectivity index (χ3v) is 3.09. The van der Waals surface area contributed by atoms with Crippen LogP contribution in [0, 0.1) is 0 Å². The van der Waals surface area contributed by atoms with E-state index in [2.05, 4.69) is 28.7 Å². The van der Waals surface area contributed by atoms with E-state index in [9.17, 15) is 0 Å². The lowest BCUT2D eigenvalue weighted by atomic mass is 10.2. The van der Waals surface area contributed by atoms with Gasteiger partial charge in [0.25, 0.3) is 0 Å². The van der Waals surface area contributed by atoms with Crippen LogP contribution in [-0.4, -0.2) is 39.7 Å². The Hall–Kier alpha value is -1.82. The summed E-state index contributed by atoms with van der Waals surface area (Å²) >= 11 is 0. The molecule has 2 aromatic heterocycles. The third kappa shape index (κ3) is 1.88. The van der Waals surface area contributed by atoms with Gasteiger partial charge in [0.2, 0.25) is 0 Å². The zero-order chi connectivity index (χ0) is 12.7. The second-order valence-electron chi connectivity index (χ2n) is 4.81. The van der Waals surface area contributed by atoms with Crippen molar-refractivity contribution in [2.45, 2.75) is 26.1 Å². The van der Waals surface area contributed by atoms with Crippen LogP contribution >= 0.6 is 0 Å². The maximum absolute atomic E-state index is 5.84. The van der Waals surface area contributed by atoms with Crippen LogP contribution in [0.25, 0.3) is 5.65 Å². The van der Waals surface area contributed by atoms with Gasteiger partial charge in [-0.15, -0.1) is 0 Å².